The van der Waals surface area contributed by atoms with Gasteiger partial charge in [0.05, 0.1) is 0 Å². The fraction of sp³-hybridized carbons (Fsp3) is 0.387. The van der Waals surface area contributed by atoms with E-state index in [1.807, 2.05) is 0 Å². The second kappa shape index (κ2) is 15.2. The molecule has 2 saturated carbocycles. The van der Waals surface area contributed by atoms with E-state index >= 15 is 0 Å². The molecule has 0 nitrogen and oxygen atoms in total. The second-order valence-corrected chi connectivity index (χ2v) is 9.42. The molecule has 0 saturated heterocycles. The number of halogens is 2. The molecule has 2 aliphatic rings. The van der Waals surface area contributed by atoms with Crippen LogP contribution < -0.4 is 24.8 Å². The summed E-state index contributed by atoms with van der Waals surface area (Å²) in [4.78, 5) is 0. The molecule has 0 bridgehead atoms. The Bertz CT molecular complexity index is 1010. The zero-order valence-corrected chi connectivity index (χ0v) is 24.1. The van der Waals surface area contributed by atoms with Crippen molar-refractivity contribution in [3.05, 3.63) is 83.9 Å². The van der Waals surface area contributed by atoms with Crippen molar-refractivity contribution in [2.75, 3.05) is 0 Å². The normalized spacial score (nSPS) is 16.4. The van der Waals surface area contributed by atoms with E-state index in [1.54, 1.807) is 11.1 Å². The minimum absolute atomic E-state index is 0. The molecular formula is C31H36Cl2Zr-2. The first kappa shape index (κ1) is 29.2. The van der Waals surface area contributed by atoms with Crippen molar-refractivity contribution in [1.82, 2.24) is 0 Å². The smallest absolute Gasteiger partial charge is 0.0533 e. The molecule has 34 heavy (non-hydrogen) atoms. The fourth-order valence-corrected chi connectivity index (χ4v) is 5.89. The number of hydrogen-bond donors (Lipinski definition) is 0. The summed E-state index contributed by atoms with van der Waals surface area (Å²) in [5.41, 5.74) is 3.20. The van der Waals surface area contributed by atoms with Gasteiger partial charge in [-0.3, -0.25) is 0 Å². The third-order valence-electron chi connectivity index (χ3n) is 7.52. The van der Waals surface area contributed by atoms with E-state index < -0.39 is 0 Å². The van der Waals surface area contributed by atoms with Crippen molar-refractivity contribution in [2.24, 2.45) is 0 Å². The molecule has 180 valence electrons. The molecule has 0 atom stereocenters. The van der Waals surface area contributed by atoms with E-state index in [9.17, 15) is 0 Å². The van der Waals surface area contributed by atoms with Crippen LogP contribution in [-0.4, -0.2) is 4.21 Å². The van der Waals surface area contributed by atoms with Gasteiger partial charge in [0.2, 0.25) is 0 Å². The van der Waals surface area contributed by atoms with Gasteiger partial charge >= 0.3 is 28.4 Å². The summed E-state index contributed by atoms with van der Waals surface area (Å²) in [6.45, 7) is 0. The van der Waals surface area contributed by atoms with Crippen LogP contribution in [-0.2, 0) is 24.2 Å². The van der Waals surface area contributed by atoms with Crippen LogP contribution in [0.25, 0.3) is 21.5 Å². The quantitative estimate of drug-likeness (QED) is 0.325. The second-order valence-electron chi connectivity index (χ2n) is 9.42. The van der Waals surface area contributed by atoms with Gasteiger partial charge in [0.1, 0.15) is 0 Å². The van der Waals surface area contributed by atoms with Gasteiger partial charge in [-0.05, 0) is 0 Å². The molecule has 0 aliphatic heterocycles. The van der Waals surface area contributed by atoms with Gasteiger partial charge in [-0.15, -0.1) is 82.2 Å². The Morgan fingerprint density at radius 3 is 1.29 bits per heavy atom. The average Bonchev–Trinajstić information content (AvgIpc) is 3.51. The summed E-state index contributed by atoms with van der Waals surface area (Å²) in [5, 5.41) is 5.81. The summed E-state index contributed by atoms with van der Waals surface area (Å²) < 4.78 is 3.34. The van der Waals surface area contributed by atoms with Crippen LogP contribution in [0.15, 0.2) is 72.8 Å². The third-order valence-corrected chi connectivity index (χ3v) is 7.52. The zero-order valence-electron chi connectivity index (χ0n) is 20.1. The Morgan fingerprint density at radius 1 is 0.559 bits per heavy atom. The van der Waals surface area contributed by atoms with Gasteiger partial charge in [0, 0.05) is 0 Å². The van der Waals surface area contributed by atoms with Crippen LogP contribution in [0.1, 0.15) is 87.2 Å². The van der Waals surface area contributed by atoms with E-state index in [0.717, 1.165) is 11.8 Å². The van der Waals surface area contributed by atoms with Crippen molar-refractivity contribution in [3.8, 4) is 0 Å². The minimum atomic E-state index is 0. The van der Waals surface area contributed by atoms with Crippen LogP contribution in [0, 0.1) is 0 Å². The summed E-state index contributed by atoms with van der Waals surface area (Å²) in [5.74, 6) is 1.66. The average molecular weight is 571 g/mol. The standard InChI is InChI=1S/2C15H17.CH2.2ClH.Zr/c2*1-2-6-12(7-3-1)15-11-10-13-8-4-5-9-14(13)15;;;;/h2*4-5,8-12H,1-3,6-7H2;1H2;2*1H;/q2*-1;;;;+2/p-2. The molecule has 3 heteroatoms. The first-order valence-corrected chi connectivity index (χ1v) is 14.3. The van der Waals surface area contributed by atoms with E-state index in [-0.39, 0.29) is 24.8 Å². The molecule has 2 aliphatic carbocycles. The maximum absolute atomic E-state index is 3.34. The van der Waals surface area contributed by atoms with Crippen molar-refractivity contribution in [3.63, 3.8) is 0 Å². The molecule has 0 amide bonds. The van der Waals surface area contributed by atoms with Crippen LogP contribution >= 0.6 is 0 Å². The van der Waals surface area contributed by atoms with E-state index in [4.69, 9.17) is 0 Å². The van der Waals surface area contributed by atoms with Crippen LogP contribution in [0.4, 0.5) is 0 Å². The molecule has 0 aromatic heterocycles. The third kappa shape index (κ3) is 7.03. The Kier molecular flexibility index (Phi) is 13.0. The number of fused-ring (bicyclic) bond motifs is 2. The van der Waals surface area contributed by atoms with Crippen molar-refractivity contribution < 1.29 is 49.0 Å². The van der Waals surface area contributed by atoms with Crippen LogP contribution in [0.3, 0.4) is 0 Å². The molecule has 4 aromatic carbocycles. The Morgan fingerprint density at radius 2 is 0.912 bits per heavy atom. The molecule has 4 aromatic rings. The Hall–Kier alpha value is -1.01. The number of rotatable bonds is 2. The predicted octanol–water partition coefficient (Wildman–Crippen LogP) is 3.19. The largest absolute Gasteiger partial charge is 1.00 e. The maximum atomic E-state index is 3.34. The van der Waals surface area contributed by atoms with Gasteiger partial charge in [0.25, 0.3) is 0 Å². The van der Waals surface area contributed by atoms with Gasteiger partial charge in [0.15, 0.2) is 0 Å². The molecule has 0 unspecified atom stereocenters. The van der Waals surface area contributed by atoms with Crippen molar-refractivity contribution >= 4 is 25.8 Å². The monoisotopic (exact) mass is 568 g/mol. The van der Waals surface area contributed by atoms with Gasteiger partial charge in [-0.1, -0.05) is 88.2 Å². The van der Waals surface area contributed by atoms with Gasteiger partial charge in [-0.25, -0.2) is 0 Å². The van der Waals surface area contributed by atoms with E-state index in [2.05, 4.69) is 77.0 Å². The number of benzene rings is 2. The summed E-state index contributed by atoms with van der Waals surface area (Å²) in [6.07, 6.45) is 14.1. The fourth-order valence-electron chi connectivity index (χ4n) is 5.89. The minimum Gasteiger partial charge on any atom is -1.00 e. The van der Waals surface area contributed by atoms with E-state index in [0.29, 0.717) is 0 Å². The topological polar surface area (TPSA) is 0 Å². The van der Waals surface area contributed by atoms with Gasteiger partial charge < -0.3 is 24.8 Å². The molecule has 0 N–H and O–H groups in total. The van der Waals surface area contributed by atoms with E-state index in [1.165, 1.54) is 110 Å². The van der Waals surface area contributed by atoms with Crippen LogP contribution in [0.2, 0.25) is 0 Å². The van der Waals surface area contributed by atoms with Crippen LogP contribution in [0.5, 0.6) is 0 Å². The summed E-state index contributed by atoms with van der Waals surface area (Å²) in [7, 11) is 0. The molecular weight excluding hydrogens is 534 g/mol. The van der Waals surface area contributed by atoms with Gasteiger partial charge in [-0.2, -0.15) is 11.1 Å². The molecule has 0 heterocycles. The predicted molar refractivity (Wildman–Crippen MR) is 138 cm³/mol. The molecule has 0 spiro atoms. The van der Waals surface area contributed by atoms with Crippen molar-refractivity contribution in [1.29, 1.82) is 0 Å². The Labute approximate surface area is 233 Å². The zero-order chi connectivity index (χ0) is 22.2. The first-order valence-electron chi connectivity index (χ1n) is 12.5. The van der Waals surface area contributed by atoms with Crippen molar-refractivity contribution in [2.45, 2.75) is 76.0 Å². The SMILES string of the molecule is [CH2]=[Zr+2].[Cl-].[Cl-].c1ccc2c(C3CCCCC3)c[cH-]c2c1.c1ccc2c(C3CCCCC3)c[cH-]c2c1. The maximum Gasteiger partial charge on any atom is -0.0533 e. The Balaban J connectivity index is 0.000000212. The molecule has 0 radical (unpaired) electrons. The first-order chi connectivity index (χ1) is 15.9. The number of hydrogen-bond acceptors (Lipinski definition) is 0. The summed E-state index contributed by atoms with van der Waals surface area (Å²) in [6, 6.07) is 26.8. The molecule has 2 fully saturated rings. The molecule has 6 rings (SSSR count). The summed E-state index contributed by atoms with van der Waals surface area (Å²) >= 11 is 1.30.